The third-order valence-electron chi connectivity index (χ3n) is 4.98. The van der Waals surface area contributed by atoms with E-state index in [1.165, 1.54) is 6.26 Å². The molecule has 1 N–H and O–H groups in total. The zero-order valence-electron chi connectivity index (χ0n) is 17.2. The van der Waals surface area contributed by atoms with Gasteiger partial charge in [-0.3, -0.25) is 0 Å². The van der Waals surface area contributed by atoms with Crippen molar-refractivity contribution in [3.63, 3.8) is 0 Å². The van der Waals surface area contributed by atoms with Crippen LogP contribution in [0, 0.1) is 0 Å². The first-order chi connectivity index (χ1) is 14.8. The standard InChI is InChI=1S/C23H20ClN3O3S/c1-25-23-26-13-20-18(15-5-4-6-16(24)11-15)12-19(22(30-2)21(20)27-23)14-7-9-17(10-8-14)31(3,28)29/h4-13H,1-3H3,(H,25,26,27). The predicted molar refractivity (Wildman–Crippen MR) is 125 cm³/mol. The molecule has 1 aromatic heterocycles. The summed E-state index contributed by atoms with van der Waals surface area (Å²) >= 11 is 6.25. The van der Waals surface area contributed by atoms with Gasteiger partial charge in [0, 0.05) is 35.5 Å². The number of halogens is 1. The SMILES string of the molecule is CNc1ncc2c(-c3cccc(Cl)c3)cc(-c3ccc(S(C)(=O)=O)cc3)c(OC)c2n1. The molecule has 4 aromatic rings. The fraction of sp³-hybridized carbons (Fsp3) is 0.130. The minimum absolute atomic E-state index is 0.255. The van der Waals surface area contributed by atoms with Crippen LogP contribution in [0.5, 0.6) is 5.75 Å². The summed E-state index contributed by atoms with van der Waals surface area (Å²) in [6.45, 7) is 0. The van der Waals surface area contributed by atoms with Gasteiger partial charge in [-0.15, -0.1) is 0 Å². The Kier molecular flexibility index (Phi) is 5.56. The van der Waals surface area contributed by atoms with Gasteiger partial charge in [-0.05, 0) is 47.0 Å². The zero-order valence-corrected chi connectivity index (χ0v) is 18.8. The van der Waals surface area contributed by atoms with Gasteiger partial charge in [0.1, 0.15) is 5.52 Å². The minimum atomic E-state index is -3.29. The van der Waals surface area contributed by atoms with Crippen LogP contribution < -0.4 is 10.1 Å². The van der Waals surface area contributed by atoms with Crippen LogP contribution in [0.2, 0.25) is 5.02 Å². The molecule has 0 saturated carbocycles. The number of methoxy groups -OCH3 is 1. The molecule has 0 aliphatic heterocycles. The quantitative estimate of drug-likeness (QED) is 0.454. The van der Waals surface area contributed by atoms with Crippen molar-refractivity contribution in [3.8, 4) is 28.0 Å². The van der Waals surface area contributed by atoms with Crippen LogP contribution in [-0.2, 0) is 9.84 Å². The molecule has 0 aliphatic carbocycles. The number of benzene rings is 3. The lowest BCUT2D eigenvalue weighted by atomic mass is 9.94. The maximum atomic E-state index is 11.9. The highest BCUT2D eigenvalue weighted by Gasteiger charge is 2.18. The minimum Gasteiger partial charge on any atom is -0.494 e. The van der Waals surface area contributed by atoms with Crippen LogP contribution in [0.4, 0.5) is 5.95 Å². The van der Waals surface area contributed by atoms with Gasteiger partial charge in [-0.25, -0.2) is 18.4 Å². The highest BCUT2D eigenvalue weighted by molar-refractivity contribution is 7.90. The molecule has 0 saturated heterocycles. The van der Waals surface area contributed by atoms with Gasteiger partial charge in [-0.1, -0.05) is 35.9 Å². The van der Waals surface area contributed by atoms with Crippen LogP contribution in [0.3, 0.4) is 0 Å². The van der Waals surface area contributed by atoms with Crippen LogP contribution >= 0.6 is 11.6 Å². The first kappa shape index (κ1) is 21.1. The Balaban J connectivity index is 2.04. The lowest BCUT2D eigenvalue weighted by Gasteiger charge is -2.16. The van der Waals surface area contributed by atoms with E-state index in [0.29, 0.717) is 22.2 Å². The molecular weight excluding hydrogens is 434 g/mol. The van der Waals surface area contributed by atoms with Gasteiger partial charge in [0.25, 0.3) is 0 Å². The predicted octanol–water partition coefficient (Wildman–Crippen LogP) is 5.07. The molecule has 1 heterocycles. The number of fused-ring (bicyclic) bond motifs is 1. The van der Waals surface area contributed by atoms with Crippen molar-refractivity contribution in [1.82, 2.24) is 9.97 Å². The van der Waals surface area contributed by atoms with Gasteiger partial charge in [-0.2, -0.15) is 0 Å². The Morgan fingerprint density at radius 3 is 2.35 bits per heavy atom. The van der Waals surface area contributed by atoms with Crippen molar-refractivity contribution in [2.45, 2.75) is 4.90 Å². The monoisotopic (exact) mass is 453 g/mol. The fourth-order valence-electron chi connectivity index (χ4n) is 3.49. The molecule has 0 aliphatic rings. The van der Waals surface area contributed by atoms with E-state index in [9.17, 15) is 8.42 Å². The lowest BCUT2D eigenvalue weighted by Crippen LogP contribution is -2.00. The van der Waals surface area contributed by atoms with Crippen LogP contribution in [0.1, 0.15) is 0 Å². The normalized spacial score (nSPS) is 11.5. The maximum Gasteiger partial charge on any atom is 0.223 e. The Labute approximate surface area is 185 Å². The van der Waals surface area contributed by atoms with E-state index >= 15 is 0 Å². The molecule has 0 fully saturated rings. The van der Waals surface area contributed by atoms with Gasteiger partial charge in [0.2, 0.25) is 5.95 Å². The van der Waals surface area contributed by atoms with Crippen LogP contribution in [0.15, 0.2) is 65.7 Å². The molecule has 0 spiro atoms. The summed E-state index contributed by atoms with van der Waals surface area (Å²) in [6.07, 6.45) is 2.94. The first-order valence-corrected chi connectivity index (χ1v) is 11.7. The summed E-state index contributed by atoms with van der Waals surface area (Å²) in [7, 11) is 0.0441. The average Bonchev–Trinajstić information content (AvgIpc) is 2.77. The first-order valence-electron chi connectivity index (χ1n) is 9.43. The Morgan fingerprint density at radius 2 is 1.74 bits per heavy atom. The molecule has 31 heavy (non-hydrogen) atoms. The number of ether oxygens (including phenoxy) is 1. The molecule has 0 radical (unpaired) electrons. The molecule has 3 aromatic carbocycles. The van der Waals surface area contributed by atoms with Gasteiger partial charge in [0.05, 0.1) is 12.0 Å². The number of anilines is 1. The van der Waals surface area contributed by atoms with Crippen molar-refractivity contribution in [2.75, 3.05) is 25.7 Å². The summed E-state index contributed by atoms with van der Waals surface area (Å²) in [4.78, 5) is 9.27. The average molecular weight is 454 g/mol. The number of hydrogen-bond acceptors (Lipinski definition) is 6. The number of aromatic nitrogens is 2. The second-order valence-corrected chi connectivity index (χ2v) is 9.47. The van der Waals surface area contributed by atoms with E-state index in [4.69, 9.17) is 16.3 Å². The molecule has 0 amide bonds. The van der Waals surface area contributed by atoms with Gasteiger partial charge in [0.15, 0.2) is 15.6 Å². The molecule has 4 rings (SSSR count). The second kappa shape index (κ2) is 8.17. The molecule has 0 bridgehead atoms. The highest BCUT2D eigenvalue weighted by Crippen LogP contribution is 2.42. The van der Waals surface area contributed by atoms with E-state index < -0.39 is 9.84 Å². The number of sulfone groups is 1. The summed E-state index contributed by atoms with van der Waals surface area (Å²) in [5.41, 5.74) is 4.03. The van der Waals surface area contributed by atoms with E-state index in [0.717, 1.165) is 27.6 Å². The van der Waals surface area contributed by atoms with Crippen molar-refractivity contribution in [1.29, 1.82) is 0 Å². The summed E-state index contributed by atoms with van der Waals surface area (Å²) in [6, 6.07) is 16.3. The zero-order chi connectivity index (χ0) is 22.2. The van der Waals surface area contributed by atoms with Gasteiger partial charge < -0.3 is 10.1 Å². The molecule has 158 valence electrons. The Bertz CT molecular complexity index is 1390. The largest absolute Gasteiger partial charge is 0.494 e. The maximum absolute atomic E-state index is 11.9. The number of nitrogens with one attached hydrogen (secondary N) is 1. The van der Waals surface area contributed by atoms with E-state index in [1.54, 1.807) is 44.6 Å². The topological polar surface area (TPSA) is 81.2 Å². The molecule has 0 atom stereocenters. The molecule has 0 unspecified atom stereocenters. The van der Waals surface area contributed by atoms with E-state index in [1.807, 2.05) is 30.3 Å². The Hall–Kier alpha value is -3.16. The van der Waals surface area contributed by atoms with Crippen molar-refractivity contribution >= 4 is 38.3 Å². The fourth-order valence-corrected chi connectivity index (χ4v) is 4.31. The highest BCUT2D eigenvalue weighted by atomic mass is 35.5. The smallest absolute Gasteiger partial charge is 0.223 e. The third-order valence-corrected chi connectivity index (χ3v) is 6.35. The number of hydrogen-bond donors (Lipinski definition) is 1. The number of nitrogens with zero attached hydrogens (tertiary/aromatic N) is 2. The lowest BCUT2D eigenvalue weighted by molar-refractivity contribution is 0.420. The van der Waals surface area contributed by atoms with Crippen molar-refractivity contribution in [2.24, 2.45) is 0 Å². The Morgan fingerprint density at radius 1 is 1.00 bits per heavy atom. The molecule has 6 nitrogen and oxygen atoms in total. The van der Waals surface area contributed by atoms with Crippen LogP contribution in [0.25, 0.3) is 33.2 Å². The van der Waals surface area contributed by atoms with Gasteiger partial charge >= 0.3 is 0 Å². The summed E-state index contributed by atoms with van der Waals surface area (Å²) in [5, 5.41) is 4.39. The van der Waals surface area contributed by atoms with Crippen molar-refractivity contribution in [3.05, 3.63) is 65.8 Å². The third kappa shape index (κ3) is 4.06. The summed E-state index contributed by atoms with van der Waals surface area (Å²) in [5.74, 6) is 1.04. The van der Waals surface area contributed by atoms with Crippen molar-refractivity contribution < 1.29 is 13.2 Å². The van der Waals surface area contributed by atoms with E-state index in [2.05, 4.69) is 15.3 Å². The molecule has 8 heteroatoms. The summed E-state index contributed by atoms with van der Waals surface area (Å²) < 4.78 is 29.5. The number of rotatable bonds is 5. The second-order valence-electron chi connectivity index (χ2n) is 7.02. The van der Waals surface area contributed by atoms with Crippen LogP contribution in [-0.4, -0.2) is 38.8 Å². The van der Waals surface area contributed by atoms with E-state index in [-0.39, 0.29) is 4.90 Å². The molecular formula is C23H20ClN3O3S.